The monoisotopic (exact) mass is 343 g/mol. The third-order valence-corrected chi connectivity index (χ3v) is 4.26. The predicted molar refractivity (Wildman–Crippen MR) is 94.0 cm³/mol. The van der Waals surface area contributed by atoms with Crippen LogP contribution in [0, 0.1) is 18.3 Å². The van der Waals surface area contributed by atoms with E-state index in [4.69, 9.17) is 0 Å². The fraction of sp³-hybridized carbons (Fsp3) is 0.105. The van der Waals surface area contributed by atoms with Crippen molar-refractivity contribution in [3.63, 3.8) is 0 Å². The van der Waals surface area contributed by atoms with Crippen molar-refractivity contribution in [3.8, 4) is 11.8 Å². The van der Waals surface area contributed by atoms with E-state index in [9.17, 15) is 14.9 Å². The summed E-state index contributed by atoms with van der Waals surface area (Å²) in [6.07, 6.45) is 3.25. The van der Waals surface area contributed by atoms with Crippen LogP contribution in [0.5, 0.6) is 0 Å². The number of aromatic nitrogens is 4. The second-order valence-electron chi connectivity index (χ2n) is 5.98. The summed E-state index contributed by atoms with van der Waals surface area (Å²) >= 11 is 0. The first-order valence-electron chi connectivity index (χ1n) is 7.97. The number of hydrogen-bond acceptors (Lipinski definition) is 5. The number of H-pyrrole nitrogens is 1. The maximum atomic E-state index is 13.0. The van der Waals surface area contributed by atoms with Crippen molar-refractivity contribution in [1.82, 2.24) is 20.0 Å². The second kappa shape index (κ2) is 5.93. The van der Waals surface area contributed by atoms with E-state index in [2.05, 4.69) is 15.3 Å². The molecule has 0 amide bonds. The number of para-hydroxylation sites is 1. The highest BCUT2D eigenvalue weighted by molar-refractivity contribution is 6.06. The van der Waals surface area contributed by atoms with Gasteiger partial charge < -0.3 is 0 Å². The molecule has 4 rings (SSSR count). The Balaban J connectivity index is 1.93. The molecule has 0 spiro atoms. The maximum Gasteiger partial charge on any atom is 0.290 e. The van der Waals surface area contributed by atoms with Gasteiger partial charge in [-0.05, 0) is 25.1 Å². The summed E-state index contributed by atoms with van der Waals surface area (Å²) in [5, 5.41) is 20.7. The lowest BCUT2D eigenvalue weighted by Crippen LogP contribution is -2.30. The molecule has 7 heteroatoms. The maximum absolute atomic E-state index is 13.0. The lowest BCUT2D eigenvalue weighted by atomic mass is 9.88. The summed E-state index contributed by atoms with van der Waals surface area (Å²) in [5.41, 5.74) is 1.62. The largest absolute Gasteiger partial charge is 0.291 e. The highest BCUT2D eigenvalue weighted by atomic mass is 16.1. The zero-order valence-electron chi connectivity index (χ0n) is 13.8. The quantitative estimate of drug-likeness (QED) is 0.767. The van der Waals surface area contributed by atoms with Gasteiger partial charge in [0.1, 0.15) is 17.3 Å². The van der Waals surface area contributed by atoms with Crippen LogP contribution < -0.4 is 5.56 Å². The van der Waals surface area contributed by atoms with Crippen LogP contribution in [0.3, 0.4) is 0 Å². The second-order valence-corrected chi connectivity index (χ2v) is 5.98. The fourth-order valence-electron chi connectivity index (χ4n) is 2.99. The van der Waals surface area contributed by atoms with Crippen LogP contribution in [-0.4, -0.2) is 25.8 Å². The molecule has 1 N–H and O–H groups in total. The van der Waals surface area contributed by atoms with Crippen LogP contribution in [-0.2, 0) is 0 Å². The topological polar surface area (TPSA) is 104 Å². The minimum atomic E-state index is -0.604. The third-order valence-electron chi connectivity index (χ3n) is 4.26. The van der Waals surface area contributed by atoms with Gasteiger partial charge in [-0.15, -0.1) is 0 Å². The predicted octanol–water partition coefficient (Wildman–Crippen LogP) is 2.13. The van der Waals surface area contributed by atoms with Crippen molar-refractivity contribution in [2.24, 2.45) is 0 Å². The highest BCUT2D eigenvalue weighted by Gasteiger charge is 2.31. The number of hydrogen-bond donors (Lipinski definition) is 1. The number of carbonyl (C=O) groups excluding carboxylic acids is 1. The molecule has 3 aromatic rings. The zero-order valence-corrected chi connectivity index (χ0v) is 13.8. The van der Waals surface area contributed by atoms with E-state index in [1.165, 1.54) is 0 Å². The molecule has 2 aromatic heterocycles. The Hall–Kier alpha value is -3.79. The molecule has 126 valence electrons. The van der Waals surface area contributed by atoms with E-state index < -0.39 is 11.5 Å². The van der Waals surface area contributed by atoms with Crippen LogP contribution in [0.2, 0.25) is 0 Å². The number of fused-ring (bicyclic) bond motifs is 1. The Morgan fingerprint density at radius 2 is 2.00 bits per heavy atom. The number of nitrogens with one attached hydrogen (secondary N) is 1. The number of ketones is 1. The van der Waals surface area contributed by atoms with Crippen molar-refractivity contribution in [3.05, 3.63) is 81.0 Å². The minimum absolute atomic E-state index is 0.0955. The van der Waals surface area contributed by atoms with Gasteiger partial charge >= 0.3 is 0 Å². The van der Waals surface area contributed by atoms with Crippen molar-refractivity contribution in [2.45, 2.75) is 12.8 Å². The SMILES string of the molecule is Cc1cc(C2C=Cc3c(nn(-c4ccccc4)c(=O)c3C#N)C2=O)n[nH]1. The molecule has 0 bridgehead atoms. The van der Waals surface area contributed by atoms with E-state index in [-0.39, 0.29) is 22.6 Å². The van der Waals surface area contributed by atoms with Crippen LogP contribution in [0.4, 0.5) is 0 Å². The molecule has 0 saturated heterocycles. The molecule has 1 atom stereocenters. The molecule has 1 unspecified atom stereocenters. The van der Waals surface area contributed by atoms with E-state index in [1.54, 1.807) is 42.5 Å². The average Bonchev–Trinajstić information content (AvgIpc) is 3.08. The molecule has 0 aliphatic heterocycles. The minimum Gasteiger partial charge on any atom is -0.291 e. The van der Waals surface area contributed by atoms with Gasteiger partial charge in [-0.1, -0.05) is 30.4 Å². The fourth-order valence-corrected chi connectivity index (χ4v) is 2.99. The number of rotatable bonds is 2. The molecular formula is C19H13N5O2. The van der Waals surface area contributed by atoms with Gasteiger partial charge in [-0.25, -0.2) is 0 Å². The first-order chi connectivity index (χ1) is 12.6. The van der Waals surface area contributed by atoms with Gasteiger partial charge in [-0.2, -0.15) is 20.1 Å². The van der Waals surface area contributed by atoms with E-state index in [0.717, 1.165) is 10.4 Å². The Kier molecular flexibility index (Phi) is 3.59. The number of Topliss-reactive ketones (excluding diaryl/α,β-unsaturated/α-hetero) is 1. The molecule has 0 radical (unpaired) electrons. The summed E-state index contributed by atoms with van der Waals surface area (Å²) in [4.78, 5) is 25.6. The van der Waals surface area contributed by atoms with Crippen LogP contribution in [0.25, 0.3) is 11.8 Å². The highest BCUT2D eigenvalue weighted by Crippen LogP contribution is 2.29. The molecule has 26 heavy (non-hydrogen) atoms. The summed E-state index contributed by atoms with van der Waals surface area (Å²) in [7, 11) is 0. The summed E-state index contributed by atoms with van der Waals surface area (Å²) in [5.74, 6) is -0.900. The van der Waals surface area contributed by atoms with E-state index in [1.807, 2.05) is 19.1 Å². The molecule has 2 heterocycles. The zero-order chi connectivity index (χ0) is 18.3. The first-order valence-corrected chi connectivity index (χ1v) is 7.97. The van der Waals surface area contributed by atoms with Gasteiger partial charge in [0.05, 0.1) is 17.3 Å². The lowest BCUT2D eigenvalue weighted by molar-refractivity contribution is 0.0966. The molecule has 1 aromatic carbocycles. The number of benzene rings is 1. The number of allylic oxidation sites excluding steroid dienone is 1. The standard InChI is InChI=1S/C19H13N5O2/c1-11-9-16(22-21-11)14-8-7-13-15(10-20)19(26)24(23-17(13)18(14)25)12-5-3-2-4-6-12/h2-9,14H,1H3,(H,21,22). The van der Waals surface area contributed by atoms with Gasteiger partial charge in [0.15, 0.2) is 5.78 Å². The average molecular weight is 343 g/mol. The van der Waals surface area contributed by atoms with Crippen LogP contribution in [0.1, 0.15) is 38.9 Å². The molecular weight excluding hydrogens is 330 g/mol. The molecule has 7 nitrogen and oxygen atoms in total. The Morgan fingerprint density at radius 1 is 1.23 bits per heavy atom. The van der Waals surface area contributed by atoms with Crippen LogP contribution in [0.15, 0.2) is 47.3 Å². The third kappa shape index (κ3) is 2.36. The molecule has 0 saturated carbocycles. The molecule has 1 aliphatic carbocycles. The lowest BCUT2D eigenvalue weighted by Gasteiger charge is -2.18. The molecule has 0 fully saturated rings. The number of aryl methyl sites for hydroxylation is 1. The van der Waals surface area contributed by atoms with Gasteiger partial charge in [-0.3, -0.25) is 14.7 Å². The summed E-state index contributed by atoms with van der Waals surface area (Å²) < 4.78 is 1.10. The van der Waals surface area contributed by atoms with Crippen molar-refractivity contribution in [2.75, 3.05) is 0 Å². The van der Waals surface area contributed by atoms with Crippen LogP contribution >= 0.6 is 0 Å². The first kappa shape index (κ1) is 15.7. The number of nitrogens with zero attached hydrogens (tertiary/aromatic N) is 4. The Labute approximate surface area is 148 Å². The van der Waals surface area contributed by atoms with Crippen molar-refractivity contribution in [1.29, 1.82) is 5.26 Å². The van der Waals surface area contributed by atoms with Crippen molar-refractivity contribution >= 4 is 11.9 Å². The van der Waals surface area contributed by atoms with E-state index in [0.29, 0.717) is 11.4 Å². The summed E-state index contributed by atoms with van der Waals surface area (Å²) in [6, 6.07) is 12.4. The van der Waals surface area contributed by atoms with Gasteiger partial charge in [0.25, 0.3) is 5.56 Å². The number of carbonyl (C=O) groups is 1. The Morgan fingerprint density at radius 3 is 2.65 bits per heavy atom. The Bertz CT molecular complexity index is 1150. The number of aromatic amines is 1. The normalized spacial score (nSPS) is 15.5. The van der Waals surface area contributed by atoms with Gasteiger partial charge in [0.2, 0.25) is 0 Å². The van der Waals surface area contributed by atoms with Crippen molar-refractivity contribution < 1.29 is 4.79 Å². The molecule has 1 aliphatic rings. The smallest absolute Gasteiger partial charge is 0.290 e. The summed E-state index contributed by atoms with van der Waals surface area (Å²) in [6.45, 7) is 1.85. The number of nitriles is 1. The van der Waals surface area contributed by atoms with E-state index >= 15 is 0 Å². The van der Waals surface area contributed by atoms with Gasteiger partial charge in [0, 0.05) is 11.3 Å².